The number of nitrogen functional groups attached to an aromatic ring is 1. The summed E-state index contributed by atoms with van der Waals surface area (Å²) in [6.45, 7) is 4.03. The van der Waals surface area contributed by atoms with Crippen LogP contribution in [0.2, 0.25) is 0 Å². The van der Waals surface area contributed by atoms with Crippen LogP contribution >= 0.6 is 0 Å². The van der Waals surface area contributed by atoms with Gasteiger partial charge in [0, 0.05) is 12.1 Å². The molecule has 1 aromatic heterocycles. The third kappa shape index (κ3) is 2.74. The van der Waals surface area contributed by atoms with E-state index in [-0.39, 0.29) is 5.91 Å². The van der Waals surface area contributed by atoms with Crippen LogP contribution in [0.5, 0.6) is 0 Å². The molecule has 1 amide bonds. The van der Waals surface area contributed by atoms with E-state index in [0.29, 0.717) is 23.6 Å². The molecule has 0 bridgehead atoms. The first-order chi connectivity index (χ1) is 9.13. The van der Waals surface area contributed by atoms with Crippen molar-refractivity contribution >= 4 is 11.6 Å². The molecular formula is C13H16N4O2. The van der Waals surface area contributed by atoms with Crippen molar-refractivity contribution < 1.29 is 9.32 Å². The van der Waals surface area contributed by atoms with Crippen LogP contribution in [-0.4, -0.2) is 11.1 Å². The van der Waals surface area contributed by atoms with E-state index in [1.165, 1.54) is 0 Å². The van der Waals surface area contributed by atoms with Crippen LogP contribution in [0.15, 0.2) is 28.8 Å². The lowest BCUT2D eigenvalue weighted by Gasteiger charge is -2.09. The largest absolute Gasteiger partial charge is 0.361 e. The number of carbonyl (C=O) groups is 1. The van der Waals surface area contributed by atoms with E-state index < -0.39 is 0 Å². The van der Waals surface area contributed by atoms with Crippen molar-refractivity contribution in [2.24, 2.45) is 5.84 Å². The smallest absolute Gasteiger partial charge is 0.253 e. The number of anilines is 1. The zero-order chi connectivity index (χ0) is 13.8. The van der Waals surface area contributed by atoms with Gasteiger partial charge in [-0.25, -0.2) is 0 Å². The quantitative estimate of drug-likeness (QED) is 0.572. The summed E-state index contributed by atoms with van der Waals surface area (Å²) in [5.41, 5.74) is 5.26. The van der Waals surface area contributed by atoms with Crippen molar-refractivity contribution in [1.29, 1.82) is 0 Å². The number of hydrogen-bond acceptors (Lipinski definition) is 5. The second kappa shape index (κ2) is 5.53. The first kappa shape index (κ1) is 13.1. The molecule has 2 aromatic rings. The molecule has 0 saturated heterocycles. The van der Waals surface area contributed by atoms with Gasteiger partial charge in [0.2, 0.25) is 0 Å². The molecule has 0 unspecified atom stereocenters. The Labute approximate surface area is 110 Å². The van der Waals surface area contributed by atoms with E-state index in [1.54, 1.807) is 24.3 Å². The Morgan fingerprint density at radius 3 is 2.74 bits per heavy atom. The van der Waals surface area contributed by atoms with E-state index in [0.717, 1.165) is 11.3 Å². The highest BCUT2D eigenvalue weighted by molar-refractivity contribution is 5.99. The fourth-order valence-electron chi connectivity index (χ4n) is 1.83. The number of benzene rings is 1. The zero-order valence-corrected chi connectivity index (χ0v) is 10.9. The Kier molecular flexibility index (Phi) is 3.82. The summed E-state index contributed by atoms with van der Waals surface area (Å²) < 4.78 is 5.04. The van der Waals surface area contributed by atoms with E-state index in [2.05, 4.69) is 15.9 Å². The summed E-state index contributed by atoms with van der Waals surface area (Å²) in [6.07, 6.45) is 0. The van der Waals surface area contributed by atoms with Gasteiger partial charge >= 0.3 is 0 Å². The van der Waals surface area contributed by atoms with Gasteiger partial charge < -0.3 is 15.3 Å². The molecule has 0 aliphatic rings. The number of aromatic nitrogens is 1. The standard InChI is InChI=1S/C13H16N4O2/c1-8-11(9(2)19-17-8)7-15-13(18)10-5-3-4-6-12(10)16-14/h3-6,16H,7,14H2,1-2H3,(H,15,18). The maximum absolute atomic E-state index is 12.1. The van der Waals surface area contributed by atoms with Crippen LogP contribution < -0.4 is 16.6 Å². The third-order valence-electron chi connectivity index (χ3n) is 2.93. The van der Waals surface area contributed by atoms with Crippen molar-refractivity contribution in [2.75, 3.05) is 5.43 Å². The molecule has 19 heavy (non-hydrogen) atoms. The van der Waals surface area contributed by atoms with E-state index in [4.69, 9.17) is 10.4 Å². The molecule has 0 saturated carbocycles. The molecule has 0 spiro atoms. The van der Waals surface area contributed by atoms with Crippen molar-refractivity contribution in [3.05, 3.63) is 46.8 Å². The van der Waals surface area contributed by atoms with Crippen LogP contribution in [0.3, 0.4) is 0 Å². The van der Waals surface area contributed by atoms with Gasteiger partial charge in [0.25, 0.3) is 5.91 Å². The number of aryl methyl sites for hydroxylation is 2. The van der Waals surface area contributed by atoms with Gasteiger partial charge in [-0.05, 0) is 26.0 Å². The highest BCUT2D eigenvalue weighted by atomic mass is 16.5. The molecule has 1 heterocycles. The Bertz CT molecular complexity index is 573. The molecule has 4 N–H and O–H groups in total. The average molecular weight is 260 g/mol. The van der Waals surface area contributed by atoms with Crippen LogP contribution in [0, 0.1) is 13.8 Å². The van der Waals surface area contributed by atoms with Gasteiger partial charge in [-0.3, -0.25) is 10.6 Å². The number of nitrogens with zero attached hydrogens (tertiary/aromatic N) is 1. The Morgan fingerprint density at radius 2 is 2.11 bits per heavy atom. The Balaban J connectivity index is 2.10. The lowest BCUT2D eigenvalue weighted by molar-refractivity contribution is 0.0951. The predicted molar refractivity (Wildman–Crippen MR) is 71.4 cm³/mol. The number of carbonyl (C=O) groups excluding carboxylic acids is 1. The molecule has 6 heteroatoms. The van der Waals surface area contributed by atoms with Crippen LogP contribution in [-0.2, 0) is 6.54 Å². The van der Waals surface area contributed by atoms with Crippen molar-refractivity contribution in [1.82, 2.24) is 10.5 Å². The van der Waals surface area contributed by atoms with Crippen molar-refractivity contribution in [2.45, 2.75) is 20.4 Å². The minimum atomic E-state index is -0.200. The topological polar surface area (TPSA) is 93.2 Å². The lowest BCUT2D eigenvalue weighted by Crippen LogP contribution is -2.25. The molecule has 0 aliphatic heterocycles. The summed E-state index contributed by atoms with van der Waals surface area (Å²) in [7, 11) is 0. The number of hydrazine groups is 1. The number of rotatable bonds is 4. The number of nitrogens with one attached hydrogen (secondary N) is 2. The Morgan fingerprint density at radius 1 is 1.37 bits per heavy atom. The molecule has 0 aliphatic carbocycles. The molecular weight excluding hydrogens is 244 g/mol. The van der Waals surface area contributed by atoms with Crippen molar-refractivity contribution in [3.63, 3.8) is 0 Å². The number of amides is 1. The van der Waals surface area contributed by atoms with Crippen LogP contribution in [0.1, 0.15) is 27.4 Å². The second-order valence-electron chi connectivity index (χ2n) is 4.18. The molecule has 6 nitrogen and oxygen atoms in total. The highest BCUT2D eigenvalue weighted by Crippen LogP contribution is 2.15. The van der Waals surface area contributed by atoms with E-state index in [1.807, 2.05) is 13.8 Å². The maximum Gasteiger partial charge on any atom is 0.253 e. The van der Waals surface area contributed by atoms with Gasteiger partial charge in [0.15, 0.2) is 0 Å². The summed E-state index contributed by atoms with van der Waals surface area (Å²) >= 11 is 0. The first-order valence-corrected chi connectivity index (χ1v) is 5.89. The number of nitrogens with two attached hydrogens (primary N) is 1. The Hall–Kier alpha value is -2.34. The lowest BCUT2D eigenvalue weighted by atomic mass is 10.1. The SMILES string of the molecule is Cc1noc(C)c1CNC(=O)c1ccccc1NN. The predicted octanol–water partition coefficient (Wildman–Crippen LogP) is 1.51. The summed E-state index contributed by atoms with van der Waals surface area (Å²) in [4.78, 5) is 12.1. The maximum atomic E-state index is 12.1. The molecule has 1 aromatic carbocycles. The van der Waals surface area contributed by atoms with Crippen LogP contribution in [0.4, 0.5) is 5.69 Å². The van der Waals surface area contributed by atoms with Gasteiger partial charge in [0.05, 0.1) is 16.9 Å². The minimum absolute atomic E-state index is 0.200. The fraction of sp³-hybridized carbons (Fsp3) is 0.231. The molecule has 0 fully saturated rings. The van der Waals surface area contributed by atoms with Gasteiger partial charge in [0.1, 0.15) is 5.76 Å². The first-order valence-electron chi connectivity index (χ1n) is 5.89. The van der Waals surface area contributed by atoms with Crippen molar-refractivity contribution in [3.8, 4) is 0 Å². The van der Waals surface area contributed by atoms with Gasteiger partial charge in [-0.15, -0.1) is 0 Å². The zero-order valence-electron chi connectivity index (χ0n) is 10.9. The normalized spacial score (nSPS) is 10.3. The van der Waals surface area contributed by atoms with Gasteiger partial charge in [-0.2, -0.15) is 0 Å². The molecule has 0 atom stereocenters. The minimum Gasteiger partial charge on any atom is -0.361 e. The molecule has 0 radical (unpaired) electrons. The summed E-state index contributed by atoms with van der Waals surface area (Å²) in [5, 5.41) is 6.67. The second-order valence-corrected chi connectivity index (χ2v) is 4.18. The van der Waals surface area contributed by atoms with E-state index in [9.17, 15) is 4.79 Å². The summed E-state index contributed by atoms with van der Waals surface area (Å²) in [6, 6.07) is 7.04. The third-order valence-corrected chi connectivity index (χ3v) is 2.93. The molecule has 2 rings (SSSR count). The fourth-order valence-corrected chi connectivity index (χ4v) is 1.83. The number of hydrogen-bond donors (Lipinski definition) is 3. The average Bonchev–Trinajstić information content (AvgIpc) is 2.75. The van der Waals surface area contributed by atoms with E-state index >= 15 is 0 Å². The van der Waals surface area contributed by atoms with Crippen LogP contribution in [0.25, 0.3) is 0 Å². The highest BCUT2D eigenvalue weighted by Gasteiger charge is 2.13. The monoisotopic (exact) mass is 260 g/mol. The molecule has 100 valence electrons. The van der Waals surface area contributed by atoms with Gasteiger partial charge in [-0.1, -0.05) is 17.3 Å². The number of para-hydroxylation sites is 1. The summed E-state index contributed by atoms with van der Waals surface area (Å²) in [5.74, 6) is 5.88.